The highest BCUT2D eigenvalue weighted by Gasteiger charge is 2.31. The van der Waals surface area contributed by atoms with Gasteiger partial charge in [0.1, 0.15) is 0 Å². The zero-order valence-corrected chi connectivity index (χ0v) is 17.0. The van der Waals surface area contributed by atoms with Crippen LogP contribution < -0.4 is 9.62 Å². The summed E-state index contributed by atoms with van der Waals surface area (Å²) in [5.74, 6) is 0.0167. The van der Waals surface area contributed by atoms with Crippen molar-refractivity contribution in [3.05, 3.63) is 59.2 Å². The number of anilines is 1. The summed E-state index contributed by atoms with van der Waals surface area (Å²) in [5, 5.41) is 0. The molecule has 2 aromatic carbocycles. The normalized spacial score (nSPS) is 19.7. The summed E-state index contributed by atoms with van der Waals surface area (Å²) in [6.45, 7) is 2.82. The topological polar surface area (TPSA) is 66.5 Å². The molecule has 1 aliphatic heterocycles. The molecule has 0 radical (unpaired) electrons. The van der Waals surface area contributed by atoms with Crippen LogP contribution in [0.5, 0.6) is 0 Å². The quantitative estimate of drug-likeness (QED) is 0.841. The van der Waals surface area contributed by atoms with Crippen molar-refractivity contribution >= 4 is 21.6 Å². The van der Waals surface area contributed by atoms with Gasteiger partial charge in [0.05, 0.1) is 4.90 Å². The van der Waals surface area contributed by atoms with Crippen LogP contribution in [0.25, 0.3) is 0 Å². The maximum absolute atomic E-state index is 12.7. The van der Waals surface area contributed by atoms with Gasteiger partial charge < -0.3 is 4.90 Å². The lowest BCUT2D eigenvalue weighted by atomic mass is 9.92. The number of hydrogen-bond acceptors (Lipinski definition) is 3. The molecule has 1 fully saturated rings. The summed E-state index contributed by atoms with van der Waals surface area (Å²) in [5.41, 5.74) is 4.43. The fraction of sp³-hybridized carbons (Fsp3) is 0.409. The Balaban J connectivity index is 1.41. The van der Waals surface area contributed by atoms with Crippen LogP contribution in [0.4, 0.5) is 5.69 Å². The van der Waals surface area contributed by atoms with Crippen molar-refractivity contribution in [1.29, 1.82) is 0 Å². The van der Waals surface area contributed by atoms with Gasteiger partial charge in [-0.05, 0) is 73.9 Å². The highest BCUT2D eigenvalue weighted by Crippen LogP contribution is 2.26. The molecule has 1 amide bonds. The van der Waals surface area contributed by atoms with Crippen LogP contribution in [-0.2, 0) is 27.7 Å². The zero-order chi connectivity index (χ0) is 19.7. The van der Waals surface area contributed by atoms with E-state index in [4.69, 9.17) is 0 Å². The number of aryl methyl sites for hydroxylation is 3. The molecule has 1 aliphatic carbocycles. The minimum atomic E-state index is -3.57. The molecule has 1 N–H and O–H groups in total. The Morgan fingerprint density at radius 1 is 1.04 bits per heavy atom. The smallest absolute Gasteiger partial charge is 0.240 e. The number of fused-ring (bicyclic) bond motifs is 1. The van der Waals surface area contributed by atoms with Crippen LogP contribution >= 0.6 is 0 Å². The molecular weight excluding hydrogens is 372 g/mol. The van der Waals surface area contributed by atoms with E-state index in [0.717, 1.165) is 36.1 Å². The average Bonchev–Trinajstić information content (AvgIpc) is 3.07. The maximum atomic E-state index is 12.7. The number of hydrogen-bond donors (Lipinski definition) is 1. The number of nitrogens with one attached hydrogen (secondary N) is 1. The van der Waals surface area contributed by atoms with Gasteiger partial charge in [-0.1, -0.05) is 23.8 Å². The fourth-order valence-electron chi connectivity index (χ4n) is 4.08. The molecule has 0 spiro atoms. The van der Waals surface area contributed by atoms with E-state index < -0.39 is 10.0 Å². The van der Waals surface area contributed by atoms with Crippen molar-refractivity contribution in [1.82, 2.24) is 4.72 Å². The predicted octanol–water partition coefficient (Wildman–Crippen LogP) is 3.21. The van der Waals surface area contributed by atoms with Crippen LogP contribution in [0.2, 0.25) is 0 Å². The zero-order valence-electron chi connectivity index (χ0n) is 16.1. The third-order valence-corrected chi connectivity index (χ3v) is 7.16. The van der Waals surface area contributed by atoms with E-state index in [0.29, 0.717) is 17.9 Å². The predicted molar refractivity (Wildman–Crippen MR) is 110 cm³/mol. The summed E-state index contributed by atoms with van der Waals surface area (Å²) in [7, 11) is -3.57. The SMILES string of the molecule is Cc1ccc(N2C[C@H](CNS(=O)(=O)c3ccc4c(c3)CCCC4)CC2=O)cc1. The molecule has 6 heteroatoms. The van der Waals surface area contributed by atoms with Gasteiger partial charge in [0.15, 0.2) is 0 Å². The van der Waals surface area contributed by atoms with Crippen molar-refractivity contribution < 1.29 is 13.2 Å². The minimum absolute atomic E-state index is 0.0267. The van der Waals surface area contributed by atoms with Crippen LogP contribution in [0.1, 0.15) is 36.0 Å². The van der Waals surface area contributed by atoms with Crippen molar-refractivity contribution in [2.24, 2.45) is 5.92 Å². The van der Waals surface area contributed by atoms with E-state index in [1.807, 2.05) is 43.3 Å². The Bertz CT molecular complexity index is 983. The van der Waals surface area contributed by atoms with E-state index in [1.54, 1.807) is 11.0 Å². The van der Waals surface area contributed by atoms with E-state index in [1.165, 1.54) is 12.0 Å². The summed E-state index contributed by atoms with van der Waals surface area (Å²) in [6.07, 6.45) is 4.62. The van der Waals surface area contributed by atoms with Gasteiger partial charge in [-0.3, -0.25) is 4.79 Å². The Labute approximate surface area is 166 Å². The Kier molecular flexibility index (Phi) is 5.25. The number of sulfonamides is 1. The molecule has 28 heavy (non-hydrogen) atoms. The first-order valence-electron chi connectivity index (χ1n) is 9.91. The second-order valence-electron chi connectivity index (χ2n) is 7.90. The van der Waals surface area contributed by atoms with Crippen LogP contribution in [0.15, 0.2) is 47.4 Å². The molecule has 2 aliphatic rings. The largest absolute Gasteiger partial charge is 0.312 e. The molecule has 0 aromatic heterocycles. The number of carbonyl (C=O) groups is 1. The Morgan fingerprint density at radius 3 is 2.50 bits per heavy atom. The van der Waals surface area contributed by atoms with Crippen molar-refractivity contribution in [2.75, 3.05) is 18.0 Å². The van der Waals surface area contributed by atoms with Gasteiger partial charge >= 0.3 is 0 Å². The van der Waals surface area contributed by atoms with Gasteiger partial charge in [0.2, 0.25) is 15.9 Å². The second-order valence-corrected chi connectivity index (χ2v) is 9.67. The van der Waals surface area contributed by atoms with Crippen LogP contribution in [0, 0.1) is 12.8 Å². The van der Waals surface area contributed by atoms with Gasteiger partial charge in [0.25, 0.3) is 0 Å². The monoisotopic (exact) mass is 398 g/mol. The van der Waals surface area contributed by atoms with Gasteiger partial charge in [-0.25, -0.2) is 13.1 Å². The van der Waals surface area contributed by atoms with E-state index in [2.05, 4.69) is 4.72 Å². The molecule has 2 aromatic rings. The lowest BCUT2D eigenvalue weighted by Crippen LogP contribution is -2.31. The van der Waals surface area contributed by atoms with Gasteiger partial charge in [0, 0.05) is 25.2 Å². The van der Waals surface area contributed by atoms with Crippen LogP contribution in [-0.4, -0.2) is 27.4 Å². The lowest BCUT2D eigenvalue weighted by molar-refractivity contribution is -0.117. The van der Waals surface area contributed by atoms with Crippen molar-refractivity contribution in [3.8, 4) is 0 Å². The average molecular weight is 399 g/mol. The number of rotatable bonds is 5. The third-order valence-electron chi connectivity index (χ3n) is 5.74. The molecule has 148 valence electrons. The van der Waals surface area contributed by atoms with E-state index >= 15 is 0 Å². The highest BCUT2D eigenvalue weighted by atomic mass is 32.2. The van der Waals surface area contributed by atoms with Crippen LogP contribution in [0.3, 0.4) is 0 Å². The summed E-state index contributed by atoms with van der Waals surface area (Å²) >= 11 is 0. The highest BCUT2D eigenvalue weighted by molar-refractivity contribution is 7.89. The molecule has 0 bridgehead atoms. The number of nitrogens with zero attached hydrogens (tertiary/aromatic N) is 1. The van der Waals surface area contributed by atoms with Gasteiger partial charge in [-0.2, -0.15) is 0 Å². The first kappa shape index (κ1) is 19.2. The second kappa shape index (κ2) is 7.68. The molecule has 0 saturated carbocycles. The van der Waals surface area contributed by atoms with E-state index in [9.17, 15) is 13.2 Å². The molecule has 1 saturated heterocycles. The van der Waals surface area contributed by atoms with Crippen molar-refractivity contribution in [3.63, 3.8) is 0 Å². The Hall–Kier alpha value is -2.18. The molecular formula is C22H26N2O3S. The summed E-state index contributed by atoms with van der Waals surface area (Å²) in [4.78, 5) is 14.4. The maximum Gasteiger partial charge on any atom is 0.240 e. The fourth-order valence-corrected chi connectivity index (χ4v) is 5.25. The molecule has 1 heterocycles. The summed E-state index contributed by atoms with van der Waals surface area (Å²) in [6, 6.07) is 13.3. The number of benzene rings is 2. The minimum Gasteiger partial charge on any atom is -0.312 e. The molecule has 1 atom stereocenters. The number of carbonyl (C=O) groups excluding carboxylic acids is 1. The standard InChI is InChI=1S/C22H26N2O3S/c1-16-6-9-20(10-7-16)24-15-17(12-22(24)25)14-23-28(26,27)21-11-8-18-4-2-3-5-19(18)13-21/h6-11,13,17,23H,2-5,12,14-15H2,1H3/t17-/m0/s1. The van der Waals surface area contributed by atoms with Gasteiger partial charge in [-0.15, -0.1) is 0 Å². The molecule has 5 nitrogen and oxygen atoms in total. The Morgan fingerprint density at radius 2 is 1.75 bits per heavy atom. The number of amides is 1. The third kappa shape index (κ3) is 3.98. The molecule has 0 unspecified atom stereocenters. The lowest BCUT2D eigenvalue weighted by Gasteiger charge is -2.18. The van der Waals surface area contributed by atoms with E-state index in [-0.39, 0.29) is 18.4 Å². The summed E-state index contributed by atoms with van der Waals surface area (Å²) < 4.78 is 28.2. The van der Waals surface area contributed by atoms with Crippen molar-refractivity contribution in [2.45, 2.75) is 43.9 Å². The first-order chi connectivity index (χ1) is 13.4. The first-order valence-corrected chi connectivity index (χ1v) is 11.4. The molecule has 4 rings (SSSR count).